The smallest absolute Gasteiger partial charge is 0.257 e. The third-order valence-corrected chi connectivity index (χ3v) is 3.13. The van der Waals surface area contributed by atoms with Crippen LogP contribution >= 0.6 is 11.6 Å². The van der Waals surface area contributed by atoms with Crippen molar-refractivity contribution in [3.63, 3.8) is 0 Å². The second kappa shape index (κ2) is 5.24. The second-order valence-corrected chi connectivity index (χ2v) is 4.55. The molecule has 100 valence electrons. The maximum Gasteiger partial charge on any atom is 0.257 e. The lowest BCUT2D eigenvalue weighted by Gasteiger charge is -2.19. The molecule has 19 heavy (non-hydrogen) atoms. The molecule has 2 aromatic rings. The molecule has 1 saturated heterocycles. The maximum absolute atomic E-state index is 13.0. The van der Waals surface area contributed by atoms with Gasteiger partial charge in [-0.2, -0.15) is 4.98 Å². The lowest BCUT2D eigenvalue weighted by molar-refractivity contribution is 0.00755. The lowest BCUT2D eigenvalue weighted by Crippen LogP contribution is -2.33. The summed E-state index contributed by atoms with van der Waals surface area (Å²) in [5, 5.41) is 7.27. The van der Waals surface area contributed by atoms with Gasteiger partial charge in [-0.15, -0.1) is 0 Å². The molecule has 5 nitrogen and oxygen atoms in total. The summed E-state index contributed by atoms with van der Waals surface area (Å²) in [6, 6.07) is 4.04. The third-order valence-electron chi connectivity index (χ3n) is 2.82. The topological polar surface area (TPSA) is 60.2 Å². The molecule has 1 aromatic heterocycles. The molecule has 1 fully saturated rings. The van der Waals surface area contributed by atoms with Gasteiger partial charge in [0, 0.05) is 18.7 Å². The molecule has 1 N–H and O–H groups in total. The van der Waals surface area contributed by atoms with E-state index in [4.69, 9.17) is 20.9 Å². The molecule has 0 radical (unpaired) electrons. The summed E-state index contributed by atoms with van der Waals surface area (Å²) >= 11 is 5.95. The molecule has 0 saturated carbocycles. The van der Waals surface area contributed by atoms with Crippen molar-refractivity contribution in [1.82, 2.24) is 15.5 Å². The first-order valence-electron chi connectivity index (χ1n) is 5.85. The van der Waals surface area contributed by atoms with E-state index in [9.17, 15) is 4.39 Å². The maximum atomic E-state index is 13.0. The van der Waals surface area contributed by atoms with E-state index in [1.165, 1.54) is 18.2 Å². The Hall–Kier alpha value is -1.50. The fourth-order valence-electron chi connectivity index (χ4n) is 1.87. The van der Waals surface area contributed by atoms with Gasteiger partial charge in [0.1, 0.15) is 11.9 Å². The van der Waals surface area contributed by atoms with Gasteiger partial charge in [0.25, 0.3) is 5.89 Å². The SMILES string of the molecule is Fc1ccc(-c2noc(C3CNCCO3)n2)c(Cl)c1. The number of nitrogens with one attached hydrogen (secondary N) is 1. The second-order valence-electron chi connectivity index (χ2n) is 4.14. The highest BCUT2D eigenvalue weighted by molar-refractivity contribution is 6.33. The van der Waals surface area contributed by atoms with Gasteiger partial charge >= 0.3 is 0 Å². The summed E-state index contributed by atoms with van der Waals surface area (Å²) in [6.07, 6.45) is -0.255. The van der Waals surface area contributed by atoms with Crippen LogP contribution in [0.3, 0.4) is 0 Å². The summed E-state index contributed by atoms with van der Waals surface area (Å²) in [4.78, 5) is 4.24. The number of nitrogens with zero attached hydrogens (tertiary/aromatic N) is 2. The molecular formula is C12H11ClFN3O2. The highest BCUT2D eigenvalue weighted by atomic mass is 35.5. The van der Waals surface area contributed by atoms with Gasteiger partial charge < -0.3 is 14.6 Å². The highest BCUT2D eigenvalue weighted by Crippen LogP contribution is 2.27. The molecule has 0 aliphatic carbocycles. The predicted octanol–water partition coefficient (Wildman–Crippen LogP) is 2.19. The molecule has 1 unspecified atom stereocenters. The number of hydrogen-bond donors (Lipinski definition) is 1. The van der Waals surface area contributed by atoms with Crippen LogP contribution in [0.5, 0.6) is 0 Å². The summed E-state index contributed by atoms with van der Waals surface area (Å²) in [5.41, 5.74) is 0.529. The summed E-state index contributed by atoms with van der Waals surface area (Å²) in [6.45, 7) is 2.03. The molecular weight excluding hydrogens is 273 g/mol. The fraction of sp³-hybridized carbons (Fsp3) is 0.333. The number of benzene rings is 1. The monoisotopic (exact) mass is 283 g/mol. The van der Waals surface area contributed by atoms with Gasteiger partial charge in [-0.25, -0.2) is 4.39 Å². The summed E-state index contributed by atoms with van der Waals surface area (Å²) in [7, 11) is 0. The van der Waals surface area contributed by atoms with Crippen molar-refractivity contribution in [1.29, 1.82) is 0 Å². The molecule has 7 heteroatoms. The number of aromatic nitrogens is 2. The first-order chi connectivity index (χ1) is 9.24. The van der Waals surface area contributed by atoms with Crippen molar-refractivity contribution >= 4 is 11.6 Å². The van der Waals surface area contributed by atoms with Crippen molar-refractivity contribution in [3.05, 3.63) is 34.9 Å². The Morgan fingerprint density at radius 1 is 1.42 bits per heavy atom. The van der Waals surface area contributed by atoms with Crippen LogP contribution in [0, 0.1) is 5.82 Å². The van der Waals surface area contributed by atoms with Crippen LogP contribution in [0.4, 0.5) is 4.39 Å². The average Bonchev–Trinajstić information content (AvgIpc) is 2.89. The largest absolute Gasteiger partial charge is 0.366 e. The number of rotatable bonds is 2. The van der Waals surface area contributed by atoms with Crippen LogP contribution in [-0.2, 0) is 4.74 Å². The van der Waals surface area contributed by atoms with Crippen LogP contribution in [0.2, 0.25) is 5.02 Å². The van der Waals surface area contributed by atoms with E-state index in [1.807, 2.05) is 0 Å². The molecule has 1 aromatic carbocycles. The van der Waals surface area contributed by atoms with Crippen LogP contribution in [-0.4, -0.2) is 29.8 Å². The van der Waals surface area contributed by atoms with Gasteiger partial charge in [0.05, 0.1) is 11.6 Å². The van der Waals surface area contributed by atoms with Gasteiger partial charge in [-0.3, -0.25) is 0 Å². The molecule has 0 bridgehead atoms. The Bertz CT molecular complexity index is 584. The number of hydrogen-bond acceptors (Lipinski definition) is 5. The molecule has 0 amide bonds. The van der Waals surface area contributed by atoms with Crippen molar-refractivity contribution in [3.8, 4) is 11.4 Å². The van der Waals surface area contributed by atoms with Gasteiger partial charge in [-0.1, -0.05) is 16.8 Å². The normalized spacial score (nSPS) is 19.6. The van der Waals surface area contributed by atoms with Gasteiger partial charge in [0.2, 0.25) is 5.82 Å². The van der Waals surface area contributed by atoms with Gasteiger partial charge in [0.15, 0.2) is 0 Å². The van der Waals surface area contributed by atoms with Crippen molar-refractivity contribution in [2.24, 2.45) is 0 Å². The van der Waals surface area contributed by atoms with E-state index in [-0.39, 0.29) is 11.1 Å². The molecule has 1 atom stereocenters. The Morgan fingerprint density at radius 3 is 3.05 bits per heavy atom. The van der Waals surface area contributed by atoms with Crippen molar-refractivity contribution in [2.75, 3.05) is 19.7 Å². The molecule has 2 heterocycles. The summed E-state index contributed by atoms with van der Waals surface area (Å²) < 4.78 is 23.7. The molecule has 1 aliphatic rings. The van der Waals surface area contributed by atoms with Crippen LogP contribution < -0.4 is 5.32 Å². The van der Waals surface area contributed by atoms with E-state index in [2.05, 4.69) is 15.5 Å². The minimum absolute atomic E-state index is 0.245. The minimum atomic E-state index is -0.405. The van der Waals surface area contributed by atoms with E-state index in [0.717, 1.165) is 6.54 Å². The Morgan fingerprint density at radius 2 is 2.32 bits per heavy atom. The highest BCUT2D eigenvalue weighted by Gasteiger charge is 2.23. The minimum Gasteiger partial charge on any atom is -0.366 e. The first kappa shape index (κ1) is 12.5. The van der Waals surface area contributed by atoms with Crippen LogP contribution in [0.15, 0.2) is 22.7 Å². The Balaban J connectivity index is 1.87. The third kappa shape index (κ3) is 2.60. The van der Waals surface area contributed by atoms with E-state index < -0.39 is 5.82 Å². The van der Waals surface area contributed by atoms with Crippen LogP contribution in [0.1, 0.15) is 12.0 Å². The zero-order valence-electron chi connectivity index (χ0n) is 9.90. The van der Waals surface area contributed by atoms with Gasteiger partial charge in [-0.05, 0) is 18.2 Å². The Kier molecular flexibility index (Phi) is 3.46. The van der Waals surface area contributed by atoms with E-state index in [0.29, 0.717) is 30.4 Å². The number of morpholine rings is 1. The molecule has 1 aliphatic heterocycles. The predicted molar refractivity (Wildman–Crippen MR) is 66.3 cm³/mol. The quantitative estimate of drug-likeness (QED) is 0.915. The molecule has 3 rings (SSSR count). The lowest BCUT2D eigenvalue weighted by atomic mass is 10.2. The number of ether oxygens (including phenoxy) is 1. The average molecular weight is 284 g/mol. The Labute approximate surface area is 113 Å². The van der Waals surface area contributed by atoms with Crippen molar-refractivity contribution < 1.29 is 13.7 Å². The standard InChI is InChI=1S/C12H11ClFN3O2/c13-9-5-7(14)1-2-8(9)11-16-12(19-17-11)10-6-15-3-4-18-10/h1-2,5,10,15H,3-4,6H2. The fourth-order valence-corrected chi connectivity index (χ4v) is 2.12. The van der Waals surface area contributed by atoms with E-state index >= 15 is 0 Å². The first-order valence-corrected chi connectivity index (χ1v) is 6.23. The number of halogens is 2. The zero-order valence-corrected chi connectivity index (χ0v) is 10.7. The summed E-state index contributed by atoms with van der Waals surface area (Å²) in [5.74, 6) is 0.314. The van der Waals surface area contributed by atoms with E-state index in [1.54, 1.807) is 0 Å². The molecule has 0 spiro atoms. The van der Waals surface area contributed by atoms with Crippen molar-refractivity contribution in [2.45, 2.75) is 6.10 Å². The van der Waals surface area contributed by atoms with Crippen LogP contribution in [0.25, 0.3) is 11.4 Å². The zero-order chi connectivity index (χ0) is 13.2.